The summed E-state index contributed by atoms with van der Waals surface area (Å²) < 4.78 is 37.3. The molecule has 188 valence electrons. The van der Waals surface area contributed by atoms with Crippen LogP contribution in [-0.2, 0) is 28.8 Å². The van der Waals surface area contributed by atoms with E-state index >= 15 is 0 Å². The minimum atomic E-state index is -2.85. The van der Waals surface area contributed by atoms with Crippen LogP contribution in [0.5, 0.6) is 5.19 Å². The Balaban J connectivity index is 1.13. The second-order valence-electron chi connectivity index (χ2n) is 9.50. The lowest BCUT2D eigenvalue weighted by molar-refractivity contribution is -0.121. The number of hydrogen-bond acceptors (Lipinski definition) is 8. The Kier molecular flexibility index (Phi) is 8.66. The molecule has 2 atom stereocenters. The van der Waals surface area contributed by atoms with Gasteiger partial charge in [-0.2, -0.15) is 0 Å². The van der Waals surface area contributed by atoms with Crippen molar-refractivity contribution in [2.24, 2.45) is 5.92 Å². The molecule has 1 saturated heterocycles. The highest BCUT2D eigenvalue weighted by Crippen LogP contribution is 2.30. The number of carbonyl (C=O) groups excluding carboxylic acids is 1. The van der Waals surface area contributed by atoms with Gasteiger partial charge in [0.1, 0.15) is 5.78 Å². The Labute approximate surface area is 207 Å². The zero-order valence-electron chi connectivity index (χ0n) is 19.9. The van der Waals surface area contributed by atoms with Gasteiger partial charge in [-0.3, -0.25) is 4.79 Å². The Hall–Kier alpha value is -1.49. The molecule has 2 aromatic rings. The van der Waals surface area contributed by atoms with Crippen LogP contribution in [0.25, 0.3) is 0 Å². The summed E-state index contributed by atoms with van der Waals surface area (Å²) in [7, 11) is 0. The first-order chi connectivity index (χ1) is 16.2. The molecule has 0 aliphatic carbocycles. The standard InChI is InChI=1S/C24H33F2N3O3S2/c1-16-27-13-20(33-16)12-18(30)11-17-3-4-19(31-14-17)5-8-29-9-6-21-22(7-10-29)34-23(28-21)32-15-24(2,25)26/h13,17,19H,3-12,14-15H2,1-2H3/t17-,19-/m1/s1. The van der Waals surface area contributed by atoms with Crippen molar-refractivity contribution in [3.05, 3.63) is 26.7 Å². The Bertz CT molecular complexity index is 926. The van der Waals surface area contributed by atoms with Gasteiger partial charge in [0.15, 0.2) is 6.61 Å². The van der Waals surface area contributed by atoms with Crippen molar-refractivity contribution in [3.8, 4) is 5.19 Å². The first kappa shape index (κ1) is 25.6. The Morgan fingerprint density at radius 1 is 1.29 bits per heavy atom. The van der Waals surface area contributed by atoms with Crippen molar-refractivity contribution in [2.75, 3.05) is 32.8 Å². The maximum Gasteiger partial charge on any atom is 0.278 e. The van der Waals surface area contributed by atoms with Gasteiger partial charge in [0.2, 0.25) is 0 Å². The highest BCUT2D eigenvalue weighted by atomic mass is 32.1. The maximum absolute atomic E-state index is 13.0. The third-order valence-electron chi connectivity index (χ3n) is 6.32. The average molecular weight is 514 g/mol. The van der Waals surface area contributed by atoms with E-state index in [0.29, 0.717) is 30.6 Å². The van der Waals surface area contributed by atoms with Crippen molar-refractivity contribution in [1.82, 2.24) is 14.9 Å². The fourth-order valence-electron chi connectivity index (χ4n) is 4.51. The summed E-state index contributed by atoms with van der Waals surface area (Å²) in [5, 5.41) is 1.35. The summed E-state index contributed by atoms with van der Waals surface area (Å²) in [5.41, 5.74) is 0.983. The highest BCUT2D eigenvalue weighted by molar-refractivity contribution is 7.13. The fourth-order valence-corrected chi connectivity index (χ4v) is 6.28. The minimum absolute atomic E-state index is 0.252. The first-order valence-electron chi connectivity index (χ1n) is 12.0. The van der Waals surface area contributed by atoms with Gasteiger partial charge in [-0.15, -0.1) is 11.3 Å². The van der Waals surface area contributed by atoms with Gasteiger partial charge in [0.05, 0.1) is 23.4 Å². The van der Waals surface area contributed by atoms with Crippen LogP contribution in [0.2, 0.25) is 0 Å². The van der Waals surface area contributed by atoms with E-state index in [4.69, 9.17) is 9.47 Å². The van der Waals surface area contributed by atoms with Crippen LogP contribution in [0, 0.1) is 12.8 Å². The van der Waals surface area contributed by atoms with Gasteiger partial charge in [-0.25, -0.2) is 18.7 Å². The zero-order valence-corrected chi connectivity index (χ0v) is 21.5. The molecular formula is C24H33F2N3O3S2. The molecule has 0 bridgehead atoms. The second-order valence-corrected chi connectivity index (χ2v) is 11.9. The van der Waals surface area contributed by atoms with E-state index in [2.05, 4.69) is 14.9 Å². The van der Waals surface area contributed by atoms with Crippen LogP contribution >= 0.6 is 22.7 Å². The molecule has 0 unspecified atom stereocenters. The number of nitrogens with zero attached hydrogens (tertiary/aromatic N) is 3. The zero-order chi connectivity index (χ0) is 24.1. The van der Waals surface area contributed by atoms with Gasteiger partial charge in [0, 0.05) is 61.8 Å². The summed E-state index contributed by atoms with van der Waals surface area (Å²) in [5.74, 6) is -2.25. The fraction of sp³-hybridized carbons (Fsp3) is 0.708. The van der Waals surface area contributed by atoms with Crippen molar-refractivity contribution in [2.45, 2.75) is 70.8 Å². The monoisotopic (exact) mass is 513 g/mol. The lowest BCUT2D eigenvalue weighted by atomic mass is 9.92. The van der Waals surface area contributed by atoms with E-state index in [1.807, 2.05) is 13.1 Å². The minimum Gasteiger partial charge on any atom is -0.464 e. The molecular weight excluding hydrogens is 480 g/mol. The summed E-state index contributed by atoms with van der Waals surface area (Å²) in [6.07, 6.45) is 7.85. The SMILES string of the molecule is Cc1ncc(CC(=O)C[C@H]2CC[C@H](CCN3CCc4nc(OCC(C)(F)F)sc4CC3)OC2)s1. The topological polar surface area (TPSA) is 64.6 Å². The normalized spacial score (nSPS) is 21.8. The van der Waals surface area contributed by atoms with Crippen LogP contribution in [0.3, 0.4) is 0 Å². The number of ketones is 1. The molecule has 0 saturated carbocycles. The maximum atomic E-state index is 13.0. The lowest BCUT2D eigenvalue weighted by Gasteiger charge is -2.30. The molecule has 0 spiro atoms. The van der Waals surface area contributed by atoms with Crippen LogP contribution in [0.4, 0.5) is 8.78 Å². The molecule has 10 heteroatoms. The van der Waals surface area contributed by atoms with Gasteiger partial charge < -0.3 is 14.4 Å². The predicted molar refractivity (Wildman–Crippen MR) is 129 cm³/mol. The number of hydrogen-bond donors (Lipinski definition) is 0. The number of rotatable bonds is 10. The smallest absolute Gasteiger partial charge is 0.278 e. The van der Waals surface area contributed by atoms with Crippen LogP contribution in [0.1, 0.15) is 53.1 Å². The number of aryl methyl sites for hydroxylation is 1. The quantitative estimate of drug-likeness (QED) is 0.458. The molecule has 2 aliphatic heterocycles. The van der Waals surface area contributed by atoms with Gasteiger partial charge in [-0.1, -0.05) is 11.3 Å². The van der Waals surface area contributed by atoms with Crippen molar-refractivity contribution in [3.63, 3.8) is 0 Å². The predicted octanol–water partition coefficient (Wildman–Crippen LogP) is 4.73. The molecule has 2 aromatic heterocycles. The summed E-state index contributed by atoms with van der Waals surface area (Å²) in [6, 6.07) is 0. The molecule has 1 fully saturated rings. The molecule has 2 aliphatic rings. The van der Waals surface area contributed by atoms with Gasteiger partial charge >= 0.3 is 0 Å². The molecule has 0 N–H and O–H groups in total. The first-order valence-corrected chi connectivity index (χ1v) is 13.6. The summed E-state index contributed by atoms with van der Waals surface area (Å²) >= 11 is 2.99. The van der Waals surface area contributed by atoms with E-state index in [1.165, 1.54) is 11.3 Å². The summed E-state index contributed by atoms with van der Waals surface area (Å²) in [6.45, 7) is 5.65. The Morgan fingerprint density at radius 3 is 2.82 bits per heavy atom. The molecule has 6 nitrogen and oxygen atoms in total. The van der Waals surface area contributed by atoms with Crippen LogP contribution in [0.15, 0.2) is 6.20 Å². The number of ether oxygens (including phenoxy) is 2. The third kappa shape index (κ3) is 7.76. The van der Waals surface area contributed by atoms with E-state index in [9.17, 15) is 13.6 Å². The molecule has 4 rings (SSSR count). The number of thiazole rings is 2. The van der Waals surface area contributed by atoms with Crippen molar-refractivity contribution < 1.29 is 23.0 Å². The number of halogens is 2. The van der Waals surface area contributed by atoms with Gasteiger partial charge in [0.25, 0.3) is 11.1 Å². The summed E-state index contributed by atoms with van der Waals surface area (Å²) in [4.78, 5) is 25.7. The van der Waals surface area contributed by atoms with Crippen LogP contribution in [-0.4, -0.2) is 65.5 Å². The third-order valence-corrected chi connectivity index (χ3v) is 8.30. The van der Waals surface area contributed by atoms with E-state index in [1.54, 1.807) is 11.3 Å². The van der Waals surface area contributed by atoms with E-state index < -0.39 is 12.5 Å². The van der Waals surface area contributed by atoms with E-state index in [-0.39, 0.29) is 11.9 Å². The lowest BCUT2D eigenvalue weighted by Crippen LogP contribution is -2.33. The number of aromatic nitrogens is 2. The van der Waals surface area contributed by atoms with Crippen molar-refractivity contribution in [1.29, 1.82) is 0 Å². The largest absolute Gasteiger partial charge is 0.464 e. The van der Waals surface area contributed by atoms with E-state index in [0.717, 1.165) is 79.1 Å². The molecule has 0 radical (unpaired) electrons. The van der Waals surface area contributed by atoms with Crippen LogP contribution < -0.4 is 4.74 Å². The van der Waals surface area contributed by atoms with Crippen molar-refractivity contribution >= 4 is 28.5 Å². The second kappa shape index (κ2) is 11.5. The molecule has 0 aromatic carbocycles. The number of fused-ring (bicyclic) bond motifs is 1. The average Bonchev–Trinajstić information content (AvgIpc) is 3.32. The van der Waals surface area contributed by atoms with Gasteiger partial charge in [-0.05, 0) is 38.5 Å². The molecule has 4 heterocycles. The number of Topliss-reactive ketones (excluding diaryl/α,β-unsaturated/α-hetero) is 1. The number of alkyl halides is 2. The molecule has 34 heavy (non-hydrogen) atoms. The highest BCUT2D eigenvalue weighted by Gasteiger charge is 2.26. The number of carbonyl (C=O) groups is 1. The Morgan fingerprint density at radius 2 is 2.12 bits per heavy atom. The molecule has 0 amide bonds.